The normalized spacial score (nSPS) is 20.9. The van der Waals surface area contributed by atoms with Gasteiger partial charge in [-0.3, -0.25) is 4.79 Å². The van der Waals surface area contributed by atoms with Gasteiger partial charge >= 0.3 is 0 Å². The second-order valence-corrected chi connectivity index (χ2v) is 6.48. The van der Waals surface area contributed by atoms with Gasteiger partial charge in [0.2, 0.25) is 0 Å². The van der Waals surface area contributed by atoms with Gasteiger partial charge in [0.15, 0.2) is 11.6 Å². The van der Waals surface area contributed by atoms with E-state index in [0.29, 0.717) is 56.5 Å². The highest BCUT2D eigenvalue weighted by Crippen LogP contribution is 2.33. The summed E-state index contributed by atoms with van der Waals surface area (Å²) in [6, 6.07) is 9.67. The Kier molecular flexibility index (Phi) is 4.42. The molecule has 7 heteroatoms. The molecule has 1 aromatic heterocycles. The Labute approximate surface area is 146 Å². The zero-order valence-corrected chi connectivity index (χ0v) is 14.1. The van der Waals surface area contributed by atoms with Gasteiger partial charge in [0.25, 0.3) is 5.91 Å². The number of hydrogen-bond donors (Lipinski definition) is 1. The molecular formula is C18H22N4O3. The van der Waals surface area contributed by atoms with Crippen LogP contribution in [-0.4, -0.2) is 61.4 Å². The van der Waals surface area contributed by atoms with Crippen LogP contribution < -0.4 is 10.6 Å². The maximum atomic E-state index is 13.2. The standard InChI is InChI=1S/C18H22N4O3/c19-14-6-7-22(12-14)18(23)15-16(13-4-2-1-3-5-13)25-20-17(15)21-8-10-24-11-9-21/h1-5,14H,6-12,19H2/t14-/m0/s1. The molecule has 2 aliphatic rings. The second-order valence-electron chi connectivity index (χ2n) is 6.48. The van der Waals surface area contributed by atoms with Crippen LogP contribution in [0.25, 0.3) is 11.3 Å². The van der Waals surface area contributed by atoms with E-state index in [4.69, 9.17) is 15.0 Å². The Morgan fingerprint density at radius 2 is 1.92 bits per heavy atom. The van der Waals surface area contributed by atoms with Gasteiger partial charge in [-0.05, 0) is 6.42 Å². The van der Waals surface area contributed by atoms with Gasteiger partial charge in [-0.25, -0.2) is 0 Å². The lowest BCUT2D eigenvalue weighted by atomic mass is 10.1. The minimum absolute atomic E-state index is 0.0378. The van der Waals surface area contributed by atoms with Crippen molar-refractivity contribution in [3.05, 3.63) is 35.9 Å². The van der Waals surface area contributed by atoms with Crippen molar-refractivity contribution in [2.75, 3.05) is 44.3 Å². The maximum absolute atomic E-state index is 13.2. The van der Waals surface area contributed by atoms with Crippen molar-refractivity contribution in [1.82, 2.24) is 10.1 Å². The number of nitrogens with two attached hydrogens (primary N) is 1. The molecule has 0 saturated carbocycles. The fraction of sp³-hybridized carbons (Fsp3) is 0.444. The molecule has 2 fully saturated rings. The lowest BCUT2D eigenvalue weighted by Gasteiger charge is -2.27. The molecule has 25 heavy (non-hydrogen) atoms. The highest BCUT2D eigenvalue weighted by molar-refractivity contribution is 6.04. The summed E-state index contributed by atoms with van der Waals surface area (Å²) in [5.41, 5.74) is 7.36. The number of aromatic nitrogens is 1. The number of amides is 1. The number of carbonyl (C=O) groups excluding carboxylic acids is 1. The Morgan fingerprint density at radius 3 is 2.60 bits per heavy atom. The molecule has 4 rings (SSSR count). The number of ether oxygens (including phenoxy) is 1. The summed E-state index contributed by atoms with van der Waals surface area (Å²) in [5, 5.41) is 4.24. The highest BCUT2D eigenvalue weighted by Gasteiger charge is 2.33. The zero-order chi connectivity index (χ0) is 17.2. The van der Waals surface area contributed by atoms with Gasteiger partial charge in [0, 0.05) is 37.8 Å². The third-order valence-electron chi connectivity index (χ3n) is 4.75. The molecule has 0 bridgehead atoms. The number of carbonyl (C=O) groups is 1. The molecule has 2 saturated heterocycles. The summed E-state index contributed by atoms with van der Waals surface area (Å²) in [6.45, 7) is 3.87. The molecular weight excluding hydrogens is 320 g/mol. The number of nitrogens with zero attached hydrogens (tertiary/aromatic N) is 3. The first-order valence-electron chi connectivity index (χ1n) is 8.66. The number of hydrogen-bond acceptors (Lipinski definition) is 6. The minimum atomic E-state index is -0.0606. The van der Waals surface area contributed by atoms with E-state index in [1.54, 1.807) is 4.90 Å². The van der Waals surface area contributed by atoms with Gasteiger partial charge in [0.05, 0.1) is 13.2 Å². The van der Waals surface area contributed by atoms with E-state index in [0.717, 1.165) is 12.0 Å². The second kappa shape index (κ2) is 6.85. The molecule has 3 heterocycles. The molecule has 1 atom stereocenters. The van der Waals surface area contributed by atoms with Crippen LogP contribution in [0, 0.1) is 0 Å². The van der Waals surface area contributed by atoms with Crippen LogP contribution in [-0.2, 0) is 4.74 Å². The predicted octanol–water partition coefficient (Wildman–Crippen LogP) is 1.35. The van der Waals surface area contributed by atoms with Crippen LogP contribution in [0.1, 0.15) is 16.8 Å². The van der Waals surface area contributed by atoms with E-state index in [-0.39, 0.29) is 11.9 Å². The minimum Gasteiger partial charge on any atom is -0.378 e. The summed E-state index contributed by atoms with van der Waals surface area (Å²) in [7, 11) is 0. The summed E-state index contributed by atoms with van der Waals surface area (Å²) in [6.07, 6.45) is 0.824. The number of rotatable bonds is 3. The molecule has 0 aliphatic carbocycles. The number of benzene rings is 1. The summed E-state index contributed by atoms with van der Waals surface area (Å²) in [4.78, 5) is 17.1. The fourth-order valence-electron chi connectivity index (χ4n) is 3.38. The quantitative estimate of drug-likeness (QED) is 0.906. The van der Waals surface area contributed by atoms with E-state index >= 15 is 0 Å². The molecule has 132 valence electrons. The van der Waals surface area contributed by atoms with Gasteiger partial charge in [-0.2, -0.15) is 0 Å². The summed E-state index contributed by atoms with van der Waals surface area (Å²) in [5.74, 6) is 1.06. The van der Waals surface area contributed by atoms with Gasteiger partial charge in [-0.15, -0.1) is 0 Å². The third kappa shape index (κ3) is 3.12. The van der Waals surface area contributed by atoms with Gasteiger partial charge in [-0.1, -0.05) is 35.5 Å². The molecule has 1 amide bonds. The lowest BCUT2D eigenvalue weighted by Crippen LogP contribution is -2.38. The molecule has 1 aromatic carbocycles. The van der Waals surface area contributed by atoms with E-state index in [9.17, 15) is 4.79 Å². The molecule has 2 aromatic rings. The molecule has 0 unspecified atom stereocenters. The lowest BCUT2D eigenvalue weighted by molar-refractivity contribution is 0.0790. The fourth-order valence-corrected chi connectivity index (χ4v) is 3.38. The molecule has 0 radical (unpaired) electrons. The van der Waals surface area contributed by atoms with Gasteiger partial charge in [0.1, 0.15) is 5.56 Å². The first kappa shape index (κ1) is 16.1. The van der Waals surface area contributed by atoms with Gasteiger partial charge < -0.3 is 24.8 Å². The number of anilines is 1. The average molecular weight is 342 g/mol. The molecule has 2 aliphatic heterocycles. The van der Waals surface area contributed by atoms with Crippen molar-refractivity contribution in [2.45, 2.75) is 12.5 Å². The van der Waals surface area contributed by atoms with E-state index in [1.807, 2.05) is 30.3 Å². The van der Waals surface area contributed by atoms with Crippen molar-refractivity contribution >= 4 is 11.7 Å². The largest absolute Gasteiger partial charge is 0.378 e. The first-order chi connectivity index (χ1) is 12.2. The van der Waals surface area contributed by atoms with Crippen LogP contribution >= 0.6 is 0 Å². The highest BCUT2D eigenvalue weighted by atomic mass is 16.5. The van der Waals surface area contributed by atoms with Crippen LogP contribution in [0.3, 0.4) is 0 Å². The van der Waals surface area contributed by atoms with Crippen molar-refractivity contribution in [3.63, 3.8) is 0 Å². The Balaban J connectivity index is 1.74. The van der Waals surface area contributed by atoms with E-state index in [1.165, 1.54) is 0 Å². The van der Waals surface area contributed by atoms with Crippen LogP contribution in [0.2, 0.25) is 0 Å². The predicted molar refractivity (Wildman–Crippen MR) is 93.5 cm³/mol. The van der Waals surface area contributed by atoms with Crippen molar-refractivity contribution in [1.29, 1.82) is 0 Å². The molecule has 2 N–H and O–H groups in total. The Bertz CT molecular complexity index is 740. The monoisotopic (exact) mass is 342 g/mol. The molecule has 0 spiro atoms. The van der Waals surface area contributed by atoms with Crippen LogP contribution in [0.15, 0.2) is 34.9 Å². The van der Waals surface area contributed by atoms with Crippen molar-refractivity contribution in [3.8, 4) is 11.3 Å². The topological polar surface area (TPSA) is 84.8 Å². The maximum Gasteiger partial charge on any atom is 0.261 e. The summed E-state index contributed by atoms with van der Waals surface area (Å²) < 4.78 is 11.0. The Hall–Kier alpha value is -2.38. The number of morpholine rings is 1. The van der Waals surface area contributed by atoms with Crippen molar-refractivity contribution < 1.29 is 14.1 Å². The summed E-state index contributed by atoms with van der Waals surface area (Å²) >= 11 is 0. The smallest absolute Gasteiger partial charge is 0.261 e. The third-order valence-corrected chi connectivity index (χ3v) is 4.75. The first-order valence-corrected chi connectivity index (χ1v) is 8.66. The van der Waals surface area contributed by atoms with Crippen molar-refractivity contribution in [2.24, 2.45) is 5.73 Å². The number of likely N-dealkylation sites (tertiary alicyclic amines) is 1. The SMILES string of the molecule is N[C@H]1CCN(C(=O)c2c(N3CCOCC3)noc2-c2ccccc2)C1. The Morgan fingerprint density at radius 1 is 1.16 bits per heavy atom. The van der Waals surface area contributed by atoms with Crippen LogP contribution in [0.4, 0.5) is 5.82 Å². The van der Waals surface area contributed by atoms with E-state index in [2.05, 4.69) is 10.1 Å². The average Bonchev–Trinajstić information content (AvgIpc) is 3.29. The van der Waals surface area contributed by atoms with Crippen LogP contribution in [0.5, 0.6) is 0 Å². The zero-order valence-electron chi connectivity index (χ0n) is 14.1. The van der Waals surface area contributed by atoms with E-state index < -0.39 is 0 Å². The molecule has 7 nitrogen and oxygen atoms in total.